The van der Waals surface area contributed by atoms with Crippen molar-refractivity contribution >= 4 is 17.6 Å². The van der Waals surface area contributed by atoms with E-state index in [0.29, 0.717) is 12.2 Å². The number of rotatable bonds is 4. The van der Waals surface area contributed by atoms with Gasteiger partial charge in [0.05, 0.1) is 12.5 Å². The Kier molecular flexibility index (Phi) is 4.71. The van der Waals surface area contributed by atoms with Gasteiger partial charge in [-0.25, -0.2) is 4.98 Å². The molecule has 0 atom stereocenters. The summed E-state index contributed by atoms with van der Waals surface area (Å²) in [7, 11) is 0. The summed E-state index contributed by atoms with van der Waals surface area (Å²) in [6, 6.07) is 3.66. The Morgan fingerprint density at radius 2 is 2.05 bits per heavy atom. The van der Waals surface area contributed by atoms with Crippen molar-refractivity contribution in [2.45, 2.75) is 26.7 Å². The molecule has 0 aromatic carbocycles. The highest BCUT2D eigenvalue weighted by molar-refractivity contribution is 5.93. The summed E-state index contributed by atoms with van der Waals surface area (Å²) in [5.41, 5.74) is 0.621. The van der Waals surface area contributed by atoms with Crippen molar-refractivity contribution in [3.8, 4) is 0 Å². The zero-order valence-corrected chi connectivity index (χ0v) is 12.0. The van der Waals surface area contributed by atoms with E-state index in [2.05, 4.69) is 9.88 Å². The first-order chi connectivity index (χ1) is 9.61. The number of ketones is 1. The summed E-state index contributed by atoms with van der Waals surface area (Å²) in [5.74, 6) is 0.789. The Bertz CT molecular complexity index is 476. The van der Waals surface area contributed by atoms with E-state index in [4.69, 9.17) is 4.74 Å². The number of nitrogens with zero attached hydrogens (tertiary/aromatic N) is 2. The van der Waals surface area contributed by atoms with Crippen molar-refractivity contribution in [1.29, 1.82) is 0 Å². The molecule has 5 nitrogen and oxygen atoms in total. The van der Waals surface area contributed by atoms with Crippen LogP contribution in [0.3, 0.4) is 0 Å². The number of piperidine rings is 1. The maximum absolute atomic E-state index is 11.7. The van der Waals surface area contributed by atoms with E-state index in [1.54, 1.807) is 12.3 Å². The minimum absolute atomic E-state index is 0.00249. The van der Waals surface area contributed by atoms with Crippen LogP contribution >= 0.6 is 0 Å². The summed E-state index contributed by atoms with van der Waals surface area (Å²) >= 11 is 0. The number of carbonyl (C=O) groups excluding carboxylic acids is 2. The van der Waals surface area contributed by atoms with Gasteiger partial charge in [-0.05, 0) is 38.8 Å². The van der Waals surface area contributed by atoms with Crippen molar-refractivity contribution in [3.63, 3.8) is 0 Å². The second kappa shape index (κ2) is 6.50. The van der Waals surface area contributed by atoms with Crippen LogP contribution in [0.1, 0.15) is 37.0 Å². The van der Waals surface area contributed by atoms with Gasteiger partial charge in [0.25, 0.3) is 0 Å². The lowest BCUT2D eigenvalue weighted by Crippen LogP contribution is -2.37. The third-order valence-corrected chi connectivity index (χ3v) is 3.59. The van der Waals surface area contributed by atoms with Crippen LogP contribution in [0.25, 0.3) is 0 Å². The first kappa shape index (κ1) is 14.5. The standard InChI is InChI=1S/C15H20N2O3/c1-3-20-15(19)12-6-8-17(9-7-12)14-5-4-13(10-16-14)11(2)18/h4-5,10,12H,3,6-9H2,1-2H3. The van der Waals surface area contributed by atoms with Crippen LogP contribution in [-0.4, -0.2) is 36.4 Å². The molecule has 1 aromatic heterocycles. The van der Waals surface area contributed by atoms with Gasteiger partial charge in [-0.2, -0.15) is 0 Å². The molecule has 2 heterocycles. The second-order valence-corrected chi connectivity index (χ2v) is 4.97. The van der Waals surface area contributed by atoms with Crippen molar-refractivity contribution in [1.82, 2.24) is 4.98 Å². The van der Waals surface area contributed by atoms with E-state index in [9.17, 15) is 9.59 Å². The zero-order valence-electron chi connectivity index (χ0n) is 12.0. The van der Waals surface area contributed by atoms with Crippen molar-refractivity contribution in [3.05, 3.63) is 23.9 Å². The number of carbonyl (C=O) groups is 2. The fourth-order valence-corrected chi connectivity index (χ4v) is 2.39. The van der Waals surface area contributed by atoms with Gasteiger partial charge in [-0.3, -0.25) is 9.59 Å². The summed E-state index contributed by atoms with van der Waals surface area (Å²) in [6.45, 7) is 5.37. The highest BCUT2D eigenvalue weighted by atomic mass is 16.5. The second-order valence-electron chi connectivity index (χ2n) is 4.97. The van der Waals surface area contributed by atoms with E-state index in [0.717, 1.165) is 31.7 Å². The molecule has 1 saturated heterocycles. The van der Waals surface area contributed by atoms with E-state index in [-0.39, 0.29) is 17.7 Å². The lowest BCUT2D eigenvalue weighted by molar-refractivity contribution is -0.148. The number of hydrogen-bond acceptors (Lipinski definition) is 5. The lowest BCUT2D eigenvalue weighted by Gasteiger charge is -2.31. The Morgan fingerprint density at radius 3 is 2.55 bits per heavy atom. The average molecular weight is 276 g/mol. The quantitative estimate of drug-likeness (QED) is 0.622. The largest absolute Gasteiger partial charge is 0.466 e. The van der Waals surface area contributed by atoms with Gasteiger partial charge in [0, 0.05) is 24.8 Å². The van der Waals surface area contributed by atoms with E-state index in [1.807, 2.05) is 13.0 Å². The van der Waals surface area contributed by atoms with Crippen LogP contribution in [0, 0.1) is 5.92 Å². The Hall–Kier alpha value is -1.91. The molecular weight excluding hydrogens is 256 g/mol. The number of hydrogen-bond donors (Lipinski definition) is 0. The fraction of sp³-hybridized carbons (Fsp3) is 0.533. The third kappa shape index (κ3) is 3.35. The normalized spacial score (nSPS) is 16.0. The minimum Gasteiger partial charge on any atom is -0.466 e. The Morgan fingerprint density at radius 1 is 1.35 bits per heavy atom. The predicted octanol–water partition coefficient (Wildman–Crippen LogP) is 2.06. The maximum atomic E-state index is 11.7. The van der Waals surface area contributed by atoms with Crippen LogP contribution < -0.4 is 4.90 Å². The van der Waals surface area contributed by atoms with Crippen LogP contribution in [-0.2, 0) is 9.53 Å². The summed E-state index contributed by atoms with van der Waals surface area (Å²) in [5, 5.41) is 0. The molecule has 2 rings (SSSR count). The first-order valence-corrected chi connectivity index (χ1v) is 7.00. The third-order valence-electron chi connectivity index (χ3n) is 3.59. The van der Waals surface area contributed by atoms with E-state index < -0.39 is 0 Å². The van der Waals surface area contributed by atoms with Gasteiger partial charge in [0.1, 0.15) is 5.82 Å². The summed E-state index contributed by atoms with van der Waals surface area (Å²) in [6.07, 6.45) is 3.18. The van der Waals surface area contributed by atoms with Crippen molar-refractivity contribution in [2.75, 3.05) is 24.6 Å². The van der Waals surface area contributed by atoms with Crippen LogP contribution in [0.15, 0.2) is 18.3 Å². The molecular formula is C15H20N2O3. The van der Waals surface area contributed by atoms with Crippen molar-refractivity contribution < 1.29 is 14.3 Å². The van der Waals surface area contributed by atoms with Gasteiger partial charge in [-0.15, -0.1) is 0 Å². The van der Waals surface area contributed by atoms with E-state index in [1.165, 1.54) is 6.92 Å². The van der Waals surface area contributed by atoms with Gasteiger partial charge in [0.2, 0.25) is 0 Å². The minimum atomic E-state index is -0.0907. The molecule has 0 N–H and O–H groups in total. The SMILES string of the molecule is CCOC(=O)C1CCN(c2ccc(C(C)=O)cn2)CC1. The molecule has 0 saturated carbocycles. The molecule has 20 heavy (non-hydrogen) atoms. The first-order valence-electron chi connectivity index (χ1n) is 7.00. The molecule has 0 spiro atoms. The molecule has 0 amide bonds. The molecule has 1 fully saturated rings. The van der Waals surface area contributed by atoms with Gasteiger partial charge >= 0.3 is 5.97 Å². The number of ether oxygens (including phenoxy) is 1. The maximum Gasteiger partial charge on any atom is 0.309 e. The number of Topliss-reactive ketones (excluding diaryl/α,β-unsaturated/α-hetero) is 1. The Labute approximate surface area is 118 Å². The van der Waals surface area contributed by atoms with E-state index >= 15 is 0 Å². The monoisotopic (exact) mass is 276 g/mol. The van der Waals surface area contributed by atoms with Crippen molar-refractivity contribution in [2.24, 2.45) is 5.92 Å². The number of esters is 1. The molecule has 1 aliphatic heterocycles. The van der Waals surface area contributed by atoms with Crippen LogP contribution in [0.4, 0.5) is 5.82 Å². The lowest BCUT2D eigenvalue weighted by atomic mass is 9.97. The molecule has 108 valence electrons. The molecule has 5 heteroatoms. The highest BCUT2D eigenvalue weighted by Crippen LogP contribution is 2.22. The van der Waals surface area contributed by atoms with Gasteiger partial charge < -0.3 is 9.64 Å². The smallest absolute Gasteiger partial charge is 0.309 e. The molecule has 0 bridgehead atoms. The molecule has 0 aliphatic carbocycles. The van der Waals surface area contributed by atoms with Crippen LogP contribution in [0.5, 0.6) is 0 Å². The van der Waals surface area contributed by atoms with Gasteiger partial charge in [0.15, 0.2) is 5.78 Å². The average Bonchev–Trinajstić information content (AvgIpc) is 2.48. The molecule has 0 unspecified atom stereocenters. The molecule has 1 aromatic rings. The zero-order chi connectivity index (χ0) is 14.5. The predicted molar refractivity (Wildman–Crippen MR) is 75.8 cm³/mol. The molecule has 0 radical (unpaired) electrons. The summed E-state index contributed by atoms with van der Waals surface area (Å²) < 4.78 is 5.05. The topological polar surface area (TPSA) is 59.5 Å². The van der Waals surface area contributed by atoms with Crippen LogP contribution in [0.2, 0.25) is 0 Å². The molecule has 1 aliphatic rings. The fourth-order valence-electron chi connectivity index (χ4n) is 2.39. The number of anilines is 1. The van der Waals surface area contributed by atoms with Gasteiger partial charge in [-0.1, -0.05) is 0 Å². The Balaban J connectivity index is 1.93. The number of pyridine rings is 1. The summed E-state index contributed by atoms with van der Waals surface area (Å²) in [4.78, 5) is 29.3. The number of aromatic nitrogens is 1. The highest BCUT2D eigenvalue weighted by Gasteiger charge is 2.26.